The summed E-state index contributed by atoms with van der Waals surface area (Å²) in [4.78, 5) is 28.7. The third-order valence-electron chi connectivity index (χ3n) is 12.1. The molecule has 0 amide bonds. The number of esters is 1. The van der Waals surface area contributed by atoms with Crippen LogP contribution < -0.4 is 15.4 Å². The number of fused-ring (bicyclic) bond motifs is 3. The number of hydrogen-bond acceptors (Lipinski definition) is 18. The molecule has 1 aliphatic rings. The second-order valence-corrected chi connectivity index (χ2v) is 18.2. The van der Waals surface area contributed by atoms with Gasteiger partial charge in [0, 0.05) is 62.8 Å². The highest BCUT2D eigenvalue weighted by Gasteiger charge is 2.24. The van der Waals surface area contributed by atoms with Gasteiger partial charge in [-0.2, -0.15) is 8.78 Å². The number of rotatable bonds is 43. The van der Waals surface area contributed by atoms with Crippen LogP contribution in [0.4, 0.5) is 29.1 Å². The molecule has 2 aromatic carbocycles. The molecule has 0 aliphatic carbocycles. The fourth-order valence-corrected chi connectivity index (χ4v) is 8.07. The molecule has 0 bridgehead atoms. The quantitative estimate of drug-likeness (QED) is 0.0187. The Bertz CT molecular complexity index is 2230. The number of ether oxygens (including phenoxy) is 11. The molecule has 76 heavy (non-hydrogen) atoms. The van der Waals surface area contributed by atoms with Crippen molar-refractivity contribution in [3.63, 3.8) is 0 Å². The molecule has 19 nitrogen and oxygen atoms in total. The van der Waals surface area contributed by atoms with Crippen molar-refractivity contribution in [2.75, 3.05) is 196 Å². The van der Waals surface area contributed by atoms with Crippen molar-refractivity contribution in [2.24, 2.45) is 0 Å². The molecule has 2 aromatic heterocycles. The maximum absolute atomic E-state index is 13.6. The minimum Gasteiger partial charge on any atom is -0.420 e. The highest BCUT2D eigenvalue weighted by Crippen LogP contribution is 2.33. The van der Waals surface area contributed by atoms with Gasteiger partial charge < -0.3 is 72.2 Å². The molecule has 0 spiro atoms. The van der Waals surface area contributed by atoms with Gasteiger partial charge in [-0.3, -0.25) is 9.69 Å². The summed E-state index contributed by atoms with van der Waals surface area (Å²) >= 11 is 0. The maximum atomic E-state index is 13.6. The van der Waals surface area contributed by atoms with Crippen LogP contribution >= 0.6 is 0 Å². The Labute approximate surface area is 444 Å². The Morgan fingerprint density at radius 1 is 0.605 bits per heavy atom. The van der Waals surface area contributed by atoms with Crippen molar-refractivity contribution in [2.45, 2.75) is 52.0 Å². The number of hydrogen-bond donors (Lipinski definition) is 1. The summed E-state index contributed by atoms with van der Waals surface area (Å²) in [6.45, 7) is 16.7. The van der Waals surface area contributed by atoms with E-state index in [1.165, 1.54) is 5.69 Å². The van der Waals surface area contributed by atoms with Crippen LogP contribution in [0.15, 0.2) is 24.3 Å². The fourth-order valence-electron chi connectivity index (χ4n) is 8.07. The first-order valence-electron chi connectivity index (χ1n) is 26.6. The summed E-state index contributed by atoms with van der Waals surface area (Å²) in [6.07, 6.45) is 4.95. The molecule has 428 valence electrons. The number of benzene rings is 2. The van der Waals surface area contributed by atoms with Gasteiger partial charge in [0.25, 0.3) is 0 Å². The molecule has 1 saturated heterocycles. The lowest BCUT2D eigenvalue weighted by Gasteiger charge is -2.36. The van der Waals surface area contributed by atoms with Gasteiger partial charge in [0.05, 0.1) is 150 Å². The molecule has 0 atom stereocenters. The summed E-state index contributed by atoms with van der Waals surface area (Å²) in [5.41, 5.74) is 10.6. The summed E-state index contributed by atoms with van der Waals surface area (Å²) in [6, 6.07) is 6.60. The van der Waals surface area contributed by atoms with Crippen LogP contribution in [0, 0.1) is 23.3 Å². The number of imidazole rings is 1. The molecule has 4 aromatic rings. The zero-order valence-electron chi connectivity index (χ0n) is 44.8. The van der Waals surface area contributed by atoms with E-state index in [4.69, 9.17) is 63.1 Å². The molecule has 1 fully saturated rings. The summed E-state index contributed by atoms with van der Waals surface area (Å²) < 4.78 is 116. The highest BCUT2D eigenvalue weighted by atomic mass is 19.2. The van der Waals surface area contributed by atoms with Crippen LogP contribution in [0.2, 0.25) is 0 Å². The Balaban J connectivity index is 0.752. The lowest BCUT2D eigenvalue weighted by molar-refractivity contribution is -0.136. The van der Waals surface area contributed by atoms with E-state index >= 15 is 0 Å². The van der Waals surface area contributed by atoms with E-state index in [0.29, 0.717) is 118 Å². The van der Waals surface area contributed by atoms with E-state index in [9.17, 15) is 22.4 Å². The topological polar surface area (TPSA) is 185 Å². The van der Waals surface area contributed by atoms with Crippen molar-refractivity contribution in [3.05, 3.63) is 53.4 Å². The zero-order valence-corrected chi connectivity index (χ0v) is 44.8. The Hall–Kier alpha value is -4.37. The van der Waals surface area contributed by atoms with Gasteiger partial charge in [-0.05, 0) is 58.1 Å². The molecule has 5 rings (SSSR count). The summed E-state index contributed by atoms with van der Waals surface area (Å²) in [7, 11) is 4.25. The van der Waals surface area contributed by atoms with Gasteiger partial charge in [-0.1, -0.05) is 13.3 Å². The predicted molar refractivity (Wildman–Crippen MR) is 279 cm³/mol. The number of halogens is 4. The SMILES string of the molecule is CCCCc1nc2c(N)nc3ccc(N4CCN(CCOCCOCCOCCOCCOCCOCCOCCOCCOCCOCCC(=O)Oc5c(F)c(F)cc(F)c5F)CC4)cc3c2n1CCCCN(C)C. The lowest BCUT2D eigenvalue weighted by atomic mass is 10.1. The molecule has 2 N–H and O–H groups in total. The number of carbonyl (C=O) groups excluding carboxylic acids is 1. The molecule has 0 unspecified atom stereocenters. The van der Waals surface area contributed by atoms with Gasteiger partial charge in [-0.15, -0.1) is 0 Å². The van der Waals surface area contributed by atoms with Crippen molar-refractivity contribution in [1.82, 2.24) is 24.3 Å². The second kappa shape index (κ2) is 36.7. The molecular formula is C53H81F4N7O12. The number of piperazine rings is 1. The standard InChI is InChI=1S/C53H81F4N7O12/c1-4-5-8-46-60-50-51(64(46)13-7-6-12-61(2)3)42-39-41(9-10-45(42)59-53(50)58)63-16-14-62(15-17-63)18-20-67-22-24-69-26-28-71-30-32-73-34-36-75-38-37-74-35-33-72-31-29-70-27-25-68-23-21-66-19-11-47(65)76-52-48(56)43(54)40-44(55)49(52)57/h9-10,39-40H,4-8,11-38H2,1-3H3,(H2,58,59). The van der Waals surface area contributed by atoms with E-state index in [1.807, 2.05) is 0 Å². The van der Waals surface area contributed by atoms with Crippen LogP contribution in [0.1, 0.15) is 44.9 Å². The molecule has 3 heterocycles. The third-order valence-corrected chi connectivity index (χ3v) is 12.1. The minimum absolute atomic E-state index is 0.0213. The van der Waals surface area contributed by atoms with Gasteiger partial charge in [0.15, 0.2) is 17.5 Å². The van der Waals surface area contributed by atoms with Gasteiger partial charge >= 0.3 is 5.97 Å². The van der Waals surface area contributed by atoms with Crippen molar-refractivity contribution in [3.8, 4) is 5.75 Å². The highest BCUT2D eigenvalue weighted by molar-refractivity contribution is 6.07. The first-order valence-corrected chi connectivity index (χ1v) is 26.6. The van der Waals surface area contributed by atoms with Crippen LogP contribution in [0.25, 0.3) is 21.9 Å². The smallest absolute Gasteiger partial charge is 0.313 e. The molecule has 23 heteroatoms. The monoisotopic (exact) mass is 1080 g/mol. The summed E-state index contributed by atoms with van der Waals surface area (Å²) in [5.74, 6) is -7.87. The normalized spacial score (nSPS) is 13.3. The van der Waals surface area contributed by atoms with E-state index in [1.54, 1.807) is 0 Å². The number of aryl methyl sites for hydroxylation is 2. The molecule has 1 aliphatic heterocycles. The Morgan fingerprint density at radius 2 is 1.09 bits per heavy atom. The van der Waals surface area contributed by atoms with E-state index in [-0.39, 0.29) is 25.9 Å². The van der Waals surface area contributed by atoms with Gasteiger partial charge in [-0.25, -0.2) is 18.7 Å². The zero-order chi connectivity index (χ0) is 54.2. The third kappa shape index (κ3) is 22.5. The average molecular weight is 1080 g/mol. The minimum atomic E-state index is -1.79. The van der Waals surface area contributed by atoms with Crippen LogP contribution in [-0.4, -0.2) is 216 Å². The number of nitrogen functional groups attached to an aromatic ring is 1. The fraction of sp³-hybridized carbons (Fsp3) is 0.679. The van der Waals surface area contributed by atoms with E-state index in [2.05, 4.69) is 63.2 Å². The van der Waals surface area contributed by atoms with E-state index < -0.39 is 41.4 Å². The largest absolute Gasteiger partial charge is 0.420 e. The Morgan fingerprint density at radius 3 is 1.58 bits per heavy atom. The van der Waals surface area contributed by atoms with Crippen molar-refractivity contribution < 1.29 is 74.5 Å². The van der Waals surface area contributed by atoms with Gasteiger partial charge in [0.2, 0.25) is 17.4 Å². The number of aromatic nitrogens is 3. The second-order valence-electron chi connectivity index (χ2n) is 18.2. The number of nitrogens with zero attached hydrogens (tertiary/aromatic N) is 6. The summed E-state index contributed by atoms with van der Waals surface area (Å²) in [5, 5.41) is 1.12. The first-order chi connectivity index (χ1) is 37.1. The van der Waals surface area contributed by atoms with Crippen LogP contribution in [0.5, 0.6) is 5.75 Å². The molecule has 0 radical (unpaired) electrons. The van der Waals surface area contributed by atoms with Gasteiger partial charge in [0.1, 0.15) is 11.3 Å². The number of unbranched alkanes of at least 4 members (excludes halogenated alkanes) is 2. The number of nitrogens with two attached hydrogens (primary N) is 1. The van der Waals surface area contributed by atoms with Crippen molar-refractivity contribution in [1.29, 1.82) is 0 Å². The maximum Gasteiger partial charge on any atom is 0.313 e. The predicted octanol–water partition coefficient (Wildman–Crippen LogP) is 5.69. The molecular weight excluding hydrogens is 1000 g/mol. The Kier molecular flexibility index (Phi) is 30.1. The number of pyridine rings is 1. The van der Waals surface area contributed by atoms with Crippen LogP contribution in [-0.2, 0) is 65.1 Å². The number of carbonyl (C=O) groups is 1. The van der Waals surface area contributed by atoms with Crippen molar-refractivity contribution >= 4 is 39.4 Å². The molecule has 0 saturated carbocycles. The average Bonchev–Trinajstić information content (AvgIpc) is 3.82. The lowest BCUT2D eigenvalue weighted by Crippen LogP contribution is -2.47. The first kappa shape index (κ1) is 62.5. The number of anilines is 2. The van der Waals surface area contributed by atoms with E-state index in [0.717, 1.165) is 106 Å². The van der Waals surface area contributed by atoms with Crippen LogP contribution in [0.3, 0.4) is 0 Å².